The highest BCUT2D eigenvalue weighted by molar-refractivity contribution is 5.92. The van der Waals surface area contributed by atoms with E-state index in [0.717, 1.165) is 25.0 Å². The predicted octanol–water partition coefficient (Wildman–Crippen LogP) is 2.72. The molecule has 0 aliphatic heterocycles. The molecule has 0 fully saturated rings. The number of carbonyl (C=O) groups excluding carboxylic acids is 2. The molecule has 0 atom stereocenters. The highest BCUT2D eigenvalue weighted by Gasteiger charge is 2.20. The maximum absolute atomic E-state index is 12.7. The third-order valence-corrected chi connectivity index (χ3v) is 3.93. The van der Waals surface area contributed by atoms with Crippen LogP contribution < -0.4 is 5.32 Å². The van der Waals surface area contributed by atoms with Gasteiger partial charge in [0.15, 0.2) is 0 Å². The molecule has 2 aromatic rings. The topological polar surface area (TPSA) is 88.3 Å². The summed E-state index contributed by atoms with van der Waals surface area (Å²) < 4.78 is 5.34. The minimum Gasteiger partial charge on any atom is -0.467 e. The van der Waals surface area contributed by atoms with Gasteiger partial charge in [0.05, 0.1) is 24.7 Å². The Hall–Kier alpha value is -2.70. The van der Waals surface area contributed by atoms with Crippen LogP contribution in [0.25, 0.3) is 0 Å². The Balaban J connectivity index is 1.96. The lowest BCUT2D eigenvalue weighted by molar-refractivity contribution is -0.121. The van der Waals surface area contributed by atoms with Crippen molar-refractivity contribution in [1.29, 1.82) is 0 Å². The number of amides is 2. The van der Waals surface area contributed by atoms with Gasteiger partial charge in [0, 0.05) is 25.7 Å². The lowest BCUT2D eigenvalue weighted by Gasteiger charge is -2.21. The van der Waals surface area contributed by atoms with Crippen molar-refractivity contribution < 1.29 is 14.0 Å². The van der Waals surface area contributed by atoms with E-state index in [0.29, 0.717) is 12.3 Å². The van der Waals surface area contributed by atoms with Gasteiger partial charge in [0.1, 0.15) is 11.5 Å². The second-order valence-corrected chi connectivity index (χ2v) is 6.16. The Morgan fingerprint density at radius 3 is 2.73 bits per heavy atom. The van der Waals surface area contributed by atoms with Crippen LogP contribution in [-0.4, -0.2) is 39.8 Å². The molecule has 0 saturated carbocycles. The number of nitrogens with zero attached hydrogens (tertiary/aromatic N) is 3. The van der Waals surface area contributed by atoms with Crippen molar-refractivity contribution in [3.05, 3.63) is 47.9 Å². The van der Waals surface area contributed by atoms with Crippen LogP contribution in [0, 0.1) is 6.92 Å². The molecule has 2 rings (SSSR count). The van der Waals surface area contributed by atoms with Gasteiger partial charge in [-0.2, -0.15) is 0 Å². The summed E-state index contributed by atoms with van der Waals surface area (Å²) in [5, 5.41) is 2.89. The largest absolute Gasteiger partial charge is 0.467 e. The van der Waals surface area contributed by atoms with E-state index in [1.807, 2.05) is 6.92 Å². The van der Waals surface area contributed by atoms with Crippen molar-refractivity contribution >= 4 is 11.8 Å². The van der Waals surface area contributed by atoms with Crippen LogP contribution in [0.4, 0.5) is 0 Å². The minimum atomic E-state index is -0.271. The number of aromatic nitrogens is 2. The molecule has 0 spiro atoms. The summed E-state index contributed by atoms with van der Waals surface area (Å²) in [5.74, 6) is 0.322. The molecule has 0 radical (unpaired) electrons. The van der Waals surface area contributed by atoms with E-state index in [1.165, 1.54) is 6.20 Å². The SMILES string of the molecule is CCCCCNC(=O)CCN(Cc1ccco1)C(=O)c1cnc(C)cn1. The van der Waals surface area contributed by atoms with Gasteiger partial charge in [0.25, 0.3) is 5.91 Å². The van der Waals surface area contributed by atoms with Crippen LogP contribution in [0.2, 0.25) is 0 Å². The summed E-state index contributed by atoms with van der Waals surface area (Å²) in [6.07, 6.45) is 7.98. The Morgan fingerprint density at radius 2 is 2.08 bits per heavy atom. The third kappa shape index (κ3) is 6.31. The molecule has 1 N–H and O–H groups in total. The highest BCUT2D eigenvalue weighted by Crippen LogP contribution is 2.10. The van der Waals surface area contributed by atoms with E-state index < -0.39 is 0 Å². The Kier molecular flexibility index (Phi) is 7.79. The second kappa shape index (κ2) is 10.3. The summed E-state index contributed by atoms with van der Waals surface area (Å²) in [5.41, 5.74) is 0.996. The summed E-state index contributed by atoms with van der Waals surface area (Å²) in [6, 6.07) is 3.57. The van der Waals surface area contributed by atoms with Gasteiger partial charge >= 0.3 is 0 Å². The Bertz CT molecular complexity index is 683. The van der Waals surface area contributed by atoms with Crippen molar-refractivity contribution in [2.45, 2.75) is 46.1 Å². The molecule has 7 nitrogen and oxygen atoms in total. The van der Waals surface area contributed by atoms with E-state index in [9.17, 15) is 9.59 Å². The number of hydrogen-bond acceptors (Lipinski definition) is 5. The molecule has 0 bridgehead atoms. The van der Waals surface area contributed by atoms with E-state index in [1.54, 1.807) is 29.5 Å². The van der Waals surface area contributed by atoms with Crippen LogP contribution in [0.15, 0.2) is 35.2 Å². The number of aryl methyl sites for hydroxylation is 1. The first-order valence-electron chi connectivity index (χ1n) is 8.97. The normalized spacial score (nSPS) is 10.5. The van der Waals surface area contributed by atoms with Gasteiger partial charge < -0.3 is 14.6 Å². The van der Waals surface area contributed by atoms with Gasteiger partial charge in [-0.3, -0.25) is 14.6 Å². The fourth-order valence-electron chi connectivity index (χ4n) is 2.44. The molecule has 0 aliphatic rings. The minimum absolute atomic E-state index is 0.0617. The highest BCUT2D eigenvalue weighted by atomic mass is 16.3. The van der Waals surface area contributed by atoms with E-state index in [2.05, 4.69) is 22.2 Å². The number of carbonyl (C=O) groups is 2. The van der Waals surface area contributed by atoms with Gasteiger partial charge in [-0.15, -0.1) is 0 Å². The van der Waals surface area contributed by atoms with Crippen molar-refractivity contribution in [3.8, 4) is 0 Å². The molecule has 7 heteroatoms. The lowest BCUT2D eigenvalue weighted by atomic mass is 10.2. The number of furan rings is 1. The third-order valence-electron chi connectivity index (χ3n) is 3.93. The molecule has 2 amide bonds. The summed E-state index contributed by atoms with van der Waals surface area (Å²) in [7, 11) is 0. The average molecular weight is 358 g/mol. The van der Waals surface area contributed by atoms with Crippen LogP contribution in [0.3, 0.4) is 0 Å². The average Bonchev–Trinajstić information content (AvgIpc) is 3.15. The van der Waals surface area contributed by atoms with E-state index in [-0.39, 0.29) is 37.0 Å². The monoisotopic (exact) mass is 358 g/mol. The molecule has 0 aliphatic carbocycles. The zero-order valence-corrected chi connectivity index (χ0v) is 15.4. The quantitative estimate of drug-likeness (QED) is 0.660. The predicted molar refractivity (Wildman–Crippen MR) is 97.4 cm³/mol. The van der Waals surface area contributed by atoms with Crippen LogP contribution in [-0.2, 0) is 11.3 Å². The first kappa shape index (κ1) is 19.6. The van der Waals surface area contributed by atoms with Crippen molar-refractivity contribution in [1.82, 2.24) is 20.2 Å². The number of hydrogen-bond donors (Lipinski definition) is 1. The lowest BCUT2D eigenvalue weighted by Crippen LogP contribution is -2.35. The summed E-state index contributed by atoms with van der Waals surface area (Å²) in [4.78, 5) is 34.6. The molecule has 26 heavy (non-hydrogen) atoms. The molecule has 0 unspecified atom stereocenters. The maximum atomic E-state index is 12.7. The molecular formula is C19H26N4O3. The van der Waals surface area contributed by atoms with Crippen molar-refractivity contribution in [2.24, 2.45) is 0 Å². The summed E-state index contributed by atoms with van der Waals surface area (Å²) >= 11 is 0. The fraction of sp³-hybridized carbons (Fsp3) is 0.474. The molecular weight excluding hydrogens is 332 g/mol. The van der Waals surface area contributed by atoms with Crippen molar-refractivity contribution in [3.63, 3.8) is 0 Å². The smallest absolute Gasteiger partial charge is 0.274 e. The van der Waals surface area contributed by atoms with Crippen LogP contribution in [0.1, 0.15) is 54.5 Å². The van der Waals surface area contributed by atoms with Gasteiger partial charge in [-0.25, -0.2) is 4.98 Å². The van der Waals surface area contributed by atoms with Crippen molar-refractivity contribution in [2.75, 3.05) is 13.1 Å². The zero-order valence-electron chi connectivity index (χ0n) is 15.4. The van der Waals surface area contributed by atoms with Crippen LogP contribution in [0.5, 0.6) is 0 Å². The second-order valence-electron chi connectivity index (χ2n) is 6.16. The Labute approximate surface area is 153 Å². The molecule has 2 heterocycles. The number of unbranched alkanes of at least 4 members (excludes halogenated alkanes) is 2. The Morgan fingerprint density at radius 1 is 1.23 bits per heavy atom. The number of rotatable bonds is 10. The van der Waals surface area contributed by atoms with Gasteiger partial charge in [0.2, 0.25) is 5.91 Å². The first-order valence-corrected chi connectivity index (χ1v) is 8.97. The molecule has 0 saturated heterocycles. The standard InChI is InChI=1S/C19H26N4O3/c1-3-4-5-9-20-18(24)8-10-23(14-16-7-6-11-26-16)19(25)17-13-21-15(2)12-22-17/h6-7,11-13H,3-5,8-10,14H2,1-2H3,(H,20,24). The molecule has 0 aromatic carbocycles. The van der Waals surface area contributed by atoms with E-state index >= 15 is 0 Å². The molecule has 140 valence electrons. The first-order chi connectivity index (χ1) is 12.6. The van der Waals surface area contributed by atoms with Gasteiger partial charge in [-0.05, 0) is 25.5 Å². The zero-order chi connectivity index (χ0) is 18.8. The number of nitrogens with one attached hydrogen (secondary N) is 1. The van der Waals surface area contributed by atoms with Crippen LogP contribution >= 0.6 is 0 Å². The summed E-state index contributed by atoms with van der Waals surface area (Å²) in [6.45, 7) is 5.17. The molecule has 2 aromatic heterocycles. The van der Waals surface area contributed by atoms with E-state index in [4.69, 9.17) is 4.42 Å². The maximum Gasteiger partial charge on any atom is 0.274 e. The fourth-order valence-corrected chi connectivity index (χ4v) is 2.44. The van der Waals surface area contributed by atoms with Gasteiger partial charge in [-0.1, -0.05) is 19.8 Å².